The van der Waals surface area contributed by atoms with Gasteiger partial charge in [0.15, 0.2) is 11.4 Å². The molecule has 0 spiro atoms. The molecule has 1 atom stereocenters. The van der Waals surface area contributed by atoms with Crippen molar-refractivity contribution in [2.45, 2.75) is 6.04 Å². The maximum Gasteiger partial charge on any atom is 0.169 e. The van der Waals surface area contributed by atoms with Crippen LogP contribution in [0.4, 0.5) is 4.39 Å². The topological polar surface area (TPSA) is 25.2 Å². The summed E-state index contributed by atoms with van der Waals surface area (Å²) in [6.07, 6.45) is 0. The Morgan fingerprint density at radius 2 is 1.90 bits per heavy atom. The van der Waals surface area contributed by atoms with Crippen LogP contribution in [0.2, 0.25) is 10.0 Å². The molecule has 1 unspecified atom stereocenters. The van der Waals surface area contributed by atoms with Crippen LogP contribution in [0.5, 0.6) is 0 Å². The van der Waals surface area contributed by atoms with Crippen LogP contribution in [0.3, 0.4) is 0 Å². The van der Waals surface area contributed by atoms with Gasteiger partial charge >= 0.3 is 0 Å². The van der Waals surface area contributed by atoms with Crippen LogP contribution < -0.4 is 5.32 Å². The van der Waals surface area contributed by atoms with E-state index < -0.39 is 0 Å². The molecule has 1 aromatic heterocycles. The molecule has 0 saturated heterocycles. The minimum atomic E-state index is -0.384. The van der Waals surface area contributed by atoms with E-state index in [9.17, 15) is 4.39 Å². The number of hydrogen-bond donors (Lipinski definition) is 1. The molecule has 1 N–H and O–H groups in total. The van der Waals surface area contributed by atoms with E-state index in [0.29, 0.717) is 21.2 Å². The van der Waals surface area contributed by atoms with Crippen LogP contribution in [0.15, 0.2) is 46.9 Å². The number of fused-ring (bicyclic) bond motifs is 1. The molecule has 0 aliphatic heterocycles. The van der Waals surface area contributed by atoms with Crippen LogP contribution in [0, 0.1) is 5.82 Å². The van der Waals surface area contributed by atoms with Crippen molar-refractivity contribution in [2.24, 2.45) is 0 Å². The lowest BCUT2D eigenvalue weighted by Gasteiger charge is -2.16. The lowest BCUT2D eigenvalue weighted by atomic mass is 10.0. The number of rotatable bonds is 3. The average molecular weight is 324 g/mol. The van der Waals surface area contributed by atoms with Crippen LogP contribution in [-0.4, -0.2) is 7.05 Å². The van der Waals surface area contributed by atoms with Crippen molar-refractivity contribution >= 4 is 34.2 Å². The number of hydrogen-bond acceptors (Lipinski definition) is 2. The molecule has 0 amide bonds. The highest BCUT2D eigenvalue weighted by atomic mass is 35.5. The van der Waals surface area contributed by atoms with E-state index in [1.807, 2.05) is 12.1 Å². The summed E-state index contributed by atoms with van der Waals surface area (Å²) in [6.45, 7) is 0. The van der Waals surface area contributed by atoms with Crippen molar-refractivity contribution in [3.63, 3.8) is 0 Å². The molecule has 2 nitrogen and oxygen atoms in total. The molecule has 2 aromatic carbocycles. The van der Waals surface area contributed by atoms with Gasteiger partial charge in [-0.15, -0.1) is 0 Å². The van der Waals surface area contributed by atoms with Crippen molar-refractivity contribution in [3.05, 3.63) is 69.7 Å². The average Bonchev–Trinajstić information content (AvgIpc) is 2.89. The molecular weight excluding hydrogens is 312 g/mol. The van der Waals surface area contributed by atoms with Crippen molar-refractivity contribution in [1.29, 1.82) is 0 Å². The van der Waals surface area contributed by atoms with Crippen LogP contribution >= 0.6 is 23.2 Å². The predicted octanol–water partition coefficient (Wildman–Crippen LogP) is 5.19. The Kier molecular flexibility index (Phi) is 3.89. The van der Waals surface area contributed by atoms with E-state index >= 15 is 0 Å². The molecule has 5 heteroatoms. The van der Waals surface area contributed by atoms with Gasteiger partial charge in [0.1, 0.15) is 5.76 Å². The molecular formula is C16H12Cl2FNO. The summed E-state index contributed by atoms with van der Waals surface area (Å²) in [5, 5.41) is 4.76. The molecule has 0 aliphatic rings. The predicted molar refractivity (Wildman–Crippen MR) is 83.5 cm³/mol. The van der Waals surface area contributed by atoms with Gasteiger partial charge in [-0.25, -0.2) is 4.39 Å². The fourth-order valence-corrected chi connectivity index (χ4v) is 2.80. The Bertz CT molecular complexity index is 800. The smallest absolute Gasteiger partial charge is 0.169 e. The Morgan fingerprint density at radius 3 is 2.62 bits per heavy atom. The number of nitrogens with one attached hydrogen (secondary N) is 1. The summed E-state index contributed by atoms with van der Waals surface area (Å²) in [5.74, 6) is 0.201. The largest absolute Gasteiger partial charge is 0.456 e. The minimum absolute atomic E-state index is 0.242. The van der Waals surface area contributed by atoms with E-state index in [0.717, 1.165) is 5.56 Å². The fraction of sp³-hybridized carbons (Fsp3) is 0.125. The highest BCUT2D eigenvalue weighted by molar-refractivity contribution is 6.42. The summed E-state index contributed by atoms with van der Waals surface area (Å²) < 4.78 is 19.4. The van der Waals surface area contributed by atoms with Gasteiger partial charge in [0.25, 0.3) is 0 Å². The van der Waals surface area contributed by atoms with E-state index in [4.69, 9.17) is 27.6 Å². The first kappa shape index (κ1) is 14.4. The van der Waals surface area contributed by atoms with E-state index in [1.54, 1.807) is 31.3 Å². The summed E-state index contributed by atoms with van der Waals surface area (Å²) in [6, 6.07) is 11.7. The quantitative estimate of drug-likeness (QED) is 0.717. The fourth-order valence-electron chi connectivity index (χ4n) is 2.38. The second kappa shape index (κ2) is 5.68. The first-order chi connectivity index (χ1) is 10.1. The molecule has 0 saturated carbocycles. The molecule has 1 heterocycles. The third kappa shape index (κ3) is 2.53. The van der Waals surface area contributed by atoms with Crippen LogP contribution in [0.25, 0.3) is 11.0 Å². The van der Waals surface area contributed by atoms with Gasteiger partial charge in [0.05, 0.1) is 16.1 Å². The first-order valence-electron chi connectivity index (χ1n) is 6.41. The second-order valence-corrected chi connectivity index (χ2v) is 5.46. The highest BCUT2D eigenvalue weighted by Gasteiger charge is 2.21. The van der Waals surface area contributed by atoms with E-state index in [-0.39, 0.29) is 17.4 Å². The molecule has 0 radical (unpaired) electrons. The van der Waals surface area contributed by atoms with Gasteiger partial charge < -0.3 is 9.73 Å². The standard InChI is InChI=1S/C16H12Cl2FNO/c1-20-15(10-5-3-6-11(17)14(10)18)13-8-9-4-2-7-12(19)16(9)21-13/h2-8,15,20H,1H3. The number of benzene rings is 2. The number of furan rings is 1. The minimum Gasteiger partial charge on any atom is -0.456 e. The Labute approximate surface area is 131 Å². The third-order valence-electron chi connectivity index (χ3n) is 3.38. The van der Waals surface area contributed by atoms with Crippen molar-refractivity contribution in [2.75, 3.05) is 7.05 Å². The molecule has 3 aromatic rings. The Morgan fingerprint density at radius 1 is 1.14 bits per heavy atom. The monoisotopic (exact) mass is 323 g/mol. The number of para-hydroxylation sites is 1. The molecule has 108 valence electrons. The van der Waals surface area contributed by atoms with Gasteiger partial charge in [-0.2, -0.15) is 0 Å². The van der Waals surface area contributed by atoms with Crippen LogP contribution in [-0.2, 0) is 0 Å². The second-order valence-electron chi connectivity index (χ2n) is 4.67. The number of halogens is 3. The van der Waals surface area contributed by atoms with E-state index in [1.165, 1.54) is 6.07 Å². The zero-order chi connectivity index (χ0) is 15.0. The maximum atomic E-state index is 13.8. The summed E-state index contributed by atoms with van der Waals surface area (Å²) in [5.41, 5.74) is 1.03. The lowest BCUT2D eigenvalue weighted by molar-refractivity contribution is 0.476. The van der Waals surface area contributed by atoms with Crippen molar-refractivity contribution in [1.82, 2.24) is 5.32 Å². The lowest BCUT2D eigenvalue weighted by Crippen LogP contribution is -2.17. The van der Waals surface area contributed by atoms with E-state index in [2.05, 4.69) is 5.32 Å². The summed E-state index contributed by atoms with van der Waals surface area (Å²) in [7, 11) is 1.78. The van der Waals surface area contributed by atoms with Gasteiger partial charge in [-0.05, 0) is 30.8 Å². The molecule has 21 heavy (non-hydrogen) atoms. The Hall–Kier alpha value is -1.55. The van der Waals surface area contributed by atoms with Crippen molar-refractivity contribution in [3.8, 4) is 0 Å². The van der Waals surface area contributed by atoms with Crippen LogP contribution in [0.1, 0.15) is 17.4 Å². The zero-order valence-electron chi connectivity index (χ0n) is 11.2. The summed E-state index contributed by atoms with van der Waals surface area (Å²) in [4.78, 5) is 0. The third-order valence-corrected chi connectivity index (χ3v) is 4.21. The SMILES string of the molecule is CNC(c1cc2cccc(F)c2o1)c1cccc(Cl)c1Cl. The molecule has 0 bridgehead atoms. The zero-order valence-corrected chi connectivity index (χ0v) is 12.7. The molecule has 0 fully saturated rings. The normalized spacial score (nSPS) is 12.8. The van der Waals surface area contributed by atoms with Crippen molar-refractivity contribution < 1.29 is 8.81 Å². The molecule has 0 aliphatic carbocycles. The van der Waals surface area contributed by atoms with Gasteiger partial charge in [-0.1, -0.05) is 47.5 Å². The highest BCUT2D eigenvalue weighted by Crippen LogP contribution is 2.35. The summed E-state index contributed by atoms with van der Waals surface area (Å²) >= 11 is 12.3. The Balaban J connectivity index is 2.14. The maximum absolute atomic E-state index is 13.8. The molecule has 3 rings (SSSR count). The van der Waals surface area contributed by atoms with Gasteiger partial charge in [0.2, 0.25) is 0 Å². The van der Waals surface area contributed by atoms with Gasteiger partial charge in [0, 0.05) is 5.39 Å². The first-order valence-corrected chi connectivity index (χ1v) is 7.16. The van der Waals surface area contributed by atoms with Gasteiger partial charge in [-0.3, -0.25) is 0 Å².